The fourth-order valence-electron chi connectivity index (χ4n) is 2.72. The molecule has 0 saturated carbocycles. The number of rotatable bonds is 1. The number of nitrogens with zero attached hydrogens (tertiary/aromatic N) is 2. The maximum Gasteiger partial charge on any atom is 0.417 e. The molecule has 0 fully saturated rings. The zero-order valence-electron chi connectivity index (χ0n) is 14.5. The van der Waals surface area contributed by atoms with Crippen LogP contribution in [0.1, 0.15) is 43.8 Å². The van der Waals surface area contributed by atoms with Crippen LogP contribution in [0, 0.1) is 0 Å². The van der Waals surface area contributed by atoms with E-state index in [2.05, 4.69) is 4.98 Å². The van der Waals surface area contributed by atoms with Gasteiger partial charge in [0.2, 0.25) is 0 Å². The molecule has 25 heavy (non-hydrogen) atoms. The van der Waals surface area contributed by atoms with Crippen molar-refractivity contribution >= 4 is 23.6 Å². The summed E-state index contributed by atoms with van der Waals surface area (Å²) in [6.07, 6.45) is 1.35. The molecular formula is C18H19ClN2O4. The first-order valence-electron chi connectivity index (χ1n) is 7.97. The van der Waals surface area contributed by atoms with Crippen molar-refractivity contribution in [2.45, 2.75) is 45.8 Å². The van der Waals surface area contributed by atoms with Gasteiger partial charge < -0.3 is 9.15 Å². The smallest absolute Gasteiger partial charge is 0.417 e. The Labute approximate surface area is 150 Å². The molecule has 1 atom stereocenters. The summed E-state index contributed by atoms with van der Waals surface area (Å²) >= 11 is 5.91. The van der Waals surface area contributed by atoms with Crippen LogP contribution in [0.15, 0.2) is 28.8 Å². The van der Waals surface area contributed by atoms with Crippen molar-refractivity contribution < 1.29 is 18.7 Å². The van der Waals surface area contributed by atoms with E-state index in [-0.39, 0.29) is 6.04 Å². The van der Waals surface area contributed by atoms with Crippen LogP contribution in [0.2, 0.25) is 5.15 Å². The fraction of sp³-hybridized carbons (Fsp3) is 0.389. The van der Waals surface area contributed by atoms with Gasteiger partial charge in [-0.15, -0.1) is 0 Å². The highest BCUT2D eigenvalue weighted by atomic mass is 35.5. The van der Waals surface area contributed by atoms with E-state index >= 15 is 0 Å². The van der Waals surface area contributed by atoms with Crippen LogP contribution in [0.25, 0.3) is 11.3 Å². The molecule has 0 saturated heterocycles. The molecule has 1 aliphatic rings. The van der Waals surface area contributed by atoms with E-state index in [1.54, 1.807) is 52.1 Å². The molecule has 132 valence electrons. The Morgan fingerprint density at radius 3 is 2.76 bits per heavy atom. The summed E-state index contributed by atoms with van der Waals surface area (Å²) in [5.41, 5.74) is 0.415. The molecule has 0 N–H and O–H groups in total. The van der Waals surface area contributed by atoms with Crippen molar-refractivity contribution in [3.05, 3.63) is 40.9 Å². The number of aromatic nitrogens is 1. The predicted octanol–water partition coefficient (Wildman–Crippen LogP) is 4.32. The Balaban J connectivity index is 1.93. The zero-order chi connectivity index (χ0) is 18.4. The molecule has 2 aromatic heterocycles. The van der Waals surface area contributed by atoms with Crippen LogP contribution in [0.4, 0.5) is 4.79 Å². The van der Waals surface area contributed by atoms with Gasteiger partial charge in [-0.2, -0.15) is 0 Å². The van der Waals surface area contributed by atoms with Crippen molar-refractivity contribution in [2.75, 3.05) is 0 Å². The van der Waals surface area contributed by atoms with Crippen LogP contribution < -0.4 is 0 Å². The molecule has 6 nitrogen and oxygen atoms in total. The minimum Gasteiger partial charge on any atom is -0.460 e. The standard InChI is InChI=1S/C18H19ClN2O4/c1-10-7-14-12(16(22)21(10)17(23)25-18(2,3)4)9-13(24-14)11-5-6-20-15(19)8-11/h5-6,8-10H,7H2,1-4H3/t10-/m1/s1. The molecule has 0 radical (unpaired) electrons. The molecule has 0 unspecified atom stereocenters. The number of halogens is 1. The number of furan rings is 1. The summed E-state index contributed by atoms with van der Waals surface area (Å²) in [4.78, 5) is 30.3. The van der Waals surface area contributed by atoms with Gasteiger partial charge in [-0.05, 0) is 45.9 Å². The summed E-state index contributed by atoms with van der Waals surface area (Å²) in [5, 5.41) is 0.335. The van der Waals surface area contributed by atoms with Gasteiger partial charge in [0.05, 0.1) is 5.56 Å². The van der Waals surface area contributed by atoms with Crippen molar-refractivity contribution in [3.63, 3.8) is 0 Å². The van der Waals surface area contributed by atoms with Gasteiger partial charge in [-0.1, -0.05) is 11.6 Å². The molecular weight excluding hydrogens is 344 g/mol. The number of pyridine rings is 1. The molecule has 0 aliphatic carbocycles. The van der Waals surface area contributed by atoms with E-state index in [0.29, 0.717) is 28.7 Å². The van der Waals surface area contributed by atoms with E-state index in [1.165, 1.54) is 0 Å². The molecule has 3 rings (SSSR count). The first-order valence-corrected chi connectivity index (χ1v) is 8.34. The summed E-state index contributed by atoms with van der Waals surface area (Å²) < 4.78 is 11.2. The predicted molar refractivity (Wildman–Crippen MR) is 92.5 cm³/mol. The number of carbonyl (C=O) groups excluding carboxylic acids is 2. The topological polar surface area (TPSA) is 72.6 Å². The van der Waals surface area contributed by atoms with E-state index in [0.717, 1.165) is 10.5 Å². The average molecular weight is 363 g/mol. The molecule has 0 spiro atoms. The minimum absolute atomic E-state index is 0.335. The quantitative estimate of drug-likeness (QED) is 0.706. The van der Waals surface area contributed by atoms with Gasteiger partial charge in [-0.25, -0.2) is 14.7 Å². The summed E-state index contributed by atoms with van der Waals surface area (Å²) in [6, 6.07) is 4.68. The van der Waals surface area contributed by atoms with Crippen LogP contribution >= 0.6 is 11.6 Å². The molecule has 0 bridgehead atoms. The number of ether oxygens (including phenoxy) is 1. The number of amides is 2. The molecule has 1 aliphatic heterocycles. The minimum atomic E-state index is -0.674. The zero-order valence-corrected chi connectivity index (χ0v) is 15.3. The van der Waals surface area contributed by atoms with Crippen LogP contribution in [-0.4, -0.2) is 33.5 Å². The largest absolute Gasteiger partial charge is 0.460 e. The lowest BCUT2D eigenvalue weighted by Gasteiger charge is -2.32. The normalized spacial score (nSPS) is 17.4. The Morgan fingerprint density at radius 1 is 1.40 bits per heavy atom. The first kappa shape index (κ1) is 17.5. The highest BCUT2D eigenvalue weighted by Crippen LogP contribution is 2.32. The Hall–Kier alpha value is -2.34. The third-order valence-corrected chi connectivity index (χ3v) is 3.99. The summed E-state index contributed by atoms with van der Waals surface area (Å²) in [5.74, 6) is 0.652. The first-order chi connectivity index (χ1) is 11.7. The fourth-order valence-corrected chi connectivity index (χ4v) is 2.90. The molecule has 2 aromatic rings. The number of fused-ring (bicyclic) bond motifs is 1. The number of hydrogen-bond acceptors (Lipinski definition) is 5. The summed E-state index contributed by atoms with van der Waals surface area (Å²) in [6.45, 7) is 7.08. The van der Waals surface area contributed by atoms with Crippen molar-refractivity contribution in [2.24, 2.45) is 0 Å². The highest BCUT2D eigenvalue weighted by Gasteiger charge is 2.39. The SMILES string of the molecule is C[C@@H]1Cc2oc(-c3ccnc(Cl)c3)cc2C(=O)N1C(=O)OC(C)(C)C. The van der Waals surface area contributed by atoms with Crippen LogP contribution in [-0.2, 0) is 11.2 Å². The number of carbonyl (C=O) groups is 2. The van der Waals surface area contributed by atoms with E-state index in [9.17, 15) is 9.59 Å². The maximum atomic E-state index is 12.8. The second kappa shape index (κ2) is 6.19. The monoisotopic (exact) mass is 362 g/mol. The molecule has 7 heteroatoms. The Kier molecular flexibility index (Phi) is 4.33. The second-order valence-corrected chi connectivity index (χ2v) is 7.41. The molecule has 2 amide bonds. The Bertz CT molecular complexity index is 838. The third kappa shape index (κ3) is 3.54. The second-order valence-electron chi connectivity index (χ2n) is 7.02. The van der Waals surface area contributed by atoms with E-state index in [4.69, 9.17) is 20.8 Å². The van der Waals surface area contributed by atoms with Gasteiger partial charge in [-0.3, -0.25) is 4.79 Å². The van der Waals surface area contributed by atoms with E-state index in [1.807, 2.05) is 0 Å². The third-order valence-electron chi connectivity index (χ3n) is 3.78. The lowest BCUT2D eigenvalue weighted by atomic mass is 10.0. The lowest BCUT2D eigenvalue weighted by Crippen LogP contribution is -2.49. The Morgan fingerprint density at radius 2 is 2.12 bits per heavy atom. The molecule has 0 aromatic carbocycles. The highest BCUT2D eigenvalue weighted by molar-refractivity contribution is 6.29. The van der Waals surface area contributed by atoms with Gasteiger partial charge >= 0.3 is 6.09 Å². The van der Waals surface area contributed by atoms with Crippen molar-refractivity contribution in [1.82, 2.24) is 9.88 Å². The van der Waals surface area contributed by atoms with Crippen molar-refractivity contribution in [1.29, 1.82) is 0 Å². The average Bonchev–Trinajstić information content (AvgIpc) is 2.89. The van der Waals surface area contributed by atoms with Gasteiger partial charge in [0, 0.05) is 24.2 Å². The maximum absolute atomic E-state index is 12.8. The van der Waals surface area contributed by atoms with Crippen LogP contribution in [0.3, 0.4) is 0 Å². The van der Waals surface area contributed by atoms with Crippen molar-refractivity contribution in [3.8, 4) is 11.3 Å². The summed E-state index contributed by atoms with van der Waals surface area (Å²) in [7, 11) is 0. The molecule has 3 heterocycles. The van der Waals surface area contributed by atoms with Gasteiger partial charge in [0.15, 0.2) is 0 Å². The lowest BCUT2D eigenvalue weighted by molar-refractivity contribution is 0.0159. The van der Waals surface area contributed by atoms with Gasteiger partial charge in [0.1, 0.15) is 22.3 Å². The van der Waals surface area contributed by atoms with Gasteiger partial charge in [0.25, 0.3) is 5.91 Å². The van der Waals surface area contributed by atoms with Crippen LogP contribution in [0.5, 0.6) is 0 Å². The number of imide groups is 1. The number of hydrogen-bond donors (Lipinski definition) is 0. The van der Waals surface area contributed by atoms with E-state index < -0.39 is 17.6 Å².